The number of aromatic nitrogens is 2. The van der Waals surface area contributed by atoms with E-state index in [1.165, 1.54) is 11.3 Å². The van der Waals surface area contributed by atoms with Gasteiger partial charge in [0.1, 0.15) is 5.82 Å². The summed E-state index contributed by atoms with van der Waals surface area (Å²) in [6.45, 7) is 6.61. The lowest BCUT2D eigenvalue weighted by molar-refractivity contribution is 0.100. The normalized spacial score (nSPS) is 11.2. The van der Waals surface area contributed by atoms with Crippen LogP contribution in [0.15, 0.2) is 48.5 Å². The van der Waals surface area contributed by atoms with Crippen molar-refractivity contribution >= 4 is 45.7 Å². The van der Waals surface area contributed by atoms with E-state index in [1.54, 1.807) is 24.3 Å². The number of nitrogens with one attached hydrogen (secondary N) is 1. The van der Waals surface area contributed by atoms with Gasteiger partial charge in [-0.3, -0.25) is 4.79 Å². The van der Waals surface area contributed by atoms with Gasteiger partial charge in [-0.1, -0.05) is 50.2 Å². The zero-order valence-electron chi connectivity index (χ0n) is 18.7. The van der Waals surface area contributed by atoms with E-state index < -0.39 is 13.0 Å². The van der Waals surface area contributed by atoms with Crippen LogP contribution in [0.3, 0.4) is 0 Å². The molecular weight excluding hydrogens is 435 g/mol. The van der Waals surface area contributed by atoms with Crippen molar-refractivity contribution < 1.29 is 14.8 Å². The lowest BCUT2D eigenvalue weighted by atomic mass is 9.80. The Kier molecular flexibility index (Phi) is 6.46. The number of benzene rings is 2. The van der Waals surface area contributed by atoms with Crippen LogP contribution >= 0.6 is 11.3 Å². The van der Waals surface area contributed by atoms with Crippen LogP contribution < -0.4 is 16.5 Å². The van der Waals surface area contributed by atoms with Crippen molar-refractivity contribution in [3.05, 3.63) is 70.2 Å². The first-order chi connectivity index (χ1) is 15.7. The predicted octanol–water partition coefficient (Wildman–Crippen LogP) is 3.18. The predicted molar refractivity (Wildman–Crippen MR) is 134 cm³/mol. The van der Waals surface area contributed by atoms with Gasteiger partial charge in [0.05, 0.1) is 5.56 Å². The lowest BCUT2D eigenvalue weighted by Gasteiger charge is -2.13. The van der Waals surface area contributed by atoms with Crippen molar-refractivity contribution in [2.45, 2.75) is 33.2 Å². The molecule has 2 aromatic carbocycles. The van der Waals surface area contributed by atoms with Crippen LogP contribution in [-0.2, 0) is 6.54 Å². The second-order valence-corrected chi connectivity index (χ2v) is 9.43. The van der Waals surface area contributed by atoms with Gasteiger partial charge in [0.15, 0.2) is 5.82 Å². The van der Waals surface area contributed by atoms with E-state index in [2.05, 4.69) is 19.2 Å². The van der Waals surface area contributed by atoms with E-state index in [9.17, 15) is 14.8 Å². The molecule has 0 aliphatic carbocycles. The number of primary amides is 1. The van der Waals surface area contributed by atoms with E-state index >= 15 is 0 Å². The third kappa shape index (κ3) is 4.75. The smallest absolute Gasteiger partial charge is 0.423 e. The van der Waals surface area contributed by atoms with Crippen molar-refractivity contribution in [2.24, 2.45) is 5.73 Å². The maximum Gasteiger partial charge on any atom is 0.488 e. The Morgan fingerprint density at radius 3 is 2.61 bits per heavy atom. The Bertz CT molecular complexity index is 1340. The fourth-order valence-electron chi connectivity index (χ4n) is 3.73. The Morgan fingerprint density at radius 2 is 1.91 bits per heavy atom. The number of amides is 1. The summed E-state index contributed by atoms with van der Waals surface area (Å²) in [4.78, 5) is 22.5. The fraction of sp³-hybridized carbons (Fsp3) is 0.208. The topological polar surface area (TPSA) is 121 Å². The molecule has 0 unspecified atom stereocenters. The highest BCUT2D eigenvalue weighted by Crippen LogP contribution is 2.39. The SMILES string of the molecule is Cc1sc2c(C(N)=O)cccc2c1-c1nc(NCc2cccc(B(O)O)c2)cc(C(C)C)n1. The largest absolute Gasteiger partial charge is 0.488 e. The van der Waals surface area contributed by atoms with Crippen molar-refractivity contribution in [3.8, 4) is 11.4 Å². The number of thiophene rings is 1. The van der Waals surface area contributed by atoms with Crippen LogP contribution in [0.1, 0.15) is 46.3 Å². The zero-order valence-corrected chi connectivity index (χ0v) is 19.5. The van der Waals surface area contributed by atoms with E-state index in [0.29, 0.717) is 29.2 Å². The van der Waals surface area contributed by atoms with Crippen LogP contribution in [-0.4, -0.2) is 33.0 Å². The van der Waals surface area contributed by atoms with E-state index in [1.807, 2.05) is 31.2 Å². The van der Waals surface area contributed by atoms with Crippen LogP contribution in [0.5, 0.6) is 0 Å². The Labute approximate surface area is 196 Å². The van der Waals surface area contributed by atoms with Gasteiger partial charge in [-0.15, -0.1) is 11.3 Å². The van der Waals surface area contributed by atoms with Crippen molar-refractivity contribution in [1.29, 1.82) is 0 Å². The average molecular weight is 460 g/mol. The number of anilines is 1. The van der Waals surface area contributed by atoms with Gasteiger partial charge < -0.3 is 21.1 Å². The number of hydrogen-bond acceptors (Lipinski definition) is 7. The highest BCUT2D eigenvalue weighted by Gasteiger charge is 2.19. The average Bonchev–Trinajstić information content (AvgIpc) is 3.13. The third-order valence-electron chi connectivity index (χ3n) is 5.44. The number of hydrogen-bond donors (Lipinski definition) is 4. The number of fused-ring (bicyclic) bond motifs is 1. The molecule has 0 spiro atoms. The zero-order chi connectivity index (χ0) is 23.7. The molecule has 9 heteroatoms. The minimum absolute atomic E-state index is 0.187. The monoisotopic (exact) mass is 460 g/mol. The number of carbonyl (C=O) groups is 1. The number of aryl methyl sites for hydroxylation is 1. The molecule has 33 heavy (non-hydrogen) atoms. The number of nitrogens with zero attached hydrogens (tertiary/aromatic N) is 2. The maximum absolute atomic E-state index is 11.9. The molecule has 0 aliphatic heterocycles. The molecule has 7 nitrogen and oxygen atoms in total. The molecule has 0 saturated carbocycles. The molecule has 5 N–H and O–H groups in total. The van der Waals surface area contributed by atoms with Crippen molar-refractivity contribution in [2.75, 3.05) is 5.32 Å². The molecule has 1 amide bonds. The van der Waals surface area contributed by atoms with Gasteiger partial charge in [-0.2, -0.15) is 0 Å². The quantitative estimate of drug-likeness (QED) is 0.315. The summed E-state index contributed by atoms with van der Waals surface area (Å²) in [5.74, 6) is 0.992. The first kappa shape index (κ1) is 22.9. The van der Waals surface area contributed by atoms with Crippen molar-refractivity contribution in [3.63, 3.8) is 0 Å². The number of nitrogens with two attached hydrogens (primary N) is 1. The third-order valence-corrected chi connectivity index (χ3v) is 6.60. The molecule has 4 rings (SSSR count). The van der Waals surface area contributed by atoms with Crippen LogP contribution in [0.2, 0.25) is 0 Å². The van der Waals surface area contributed by atoms with Crippen molar-refractivity contribution in [1.82, 2.24) is 9.97 Å². The molecule has 0 saturated heterocycles. The summed E-state index contributed by atoms with van der Waals surface area (Å²) in [5.41, 5.74) is 9.21. The van der Waals surface area contributed by atoms with Gasteiger partial charge >= 0.3 is 7.12 Å². The summed E-state index contributed by atoms with van der Waals surface area (Å²) in [5, 5.41) is 23.1. The summed E-state index contributed by atoms with van der Waals surface area (Å²) < 4.78 is 0.838. The van der Waals surface area contributed by atoms with Crippen LogP contribution in [0.25, 0.3) is 21.5 Å². The van der Waals surface area contributed by atoms with Gasteiger partial charge in [0, 0.05) is 38.8 Å². The number of carbonyl (C=O) groups excluding carboxylic acids is 1. The van der Waals surface area contributed by atoms with Gasteiger partial charge in [-0.25, -0.2) is 9.97 Å². The summed E-state index contributed by atoms with van der Waals surface area (Å²) in [7, 11) is -1.51. The second kappa shape index (κ2) is 9.31. The highest BCUT2D eigenvalue weighted by molar-refractivity contribution is 7.20. The molecular formula is C24H25BN4O3S. The molecule has 168 valence electrons. The molecule has 0 radical (unpaired) electrons. The summed E-state index contributed by atoms with van der Waals surface area (Å²) in [6.07, 6.45) is 0. The first-order valence-corrected chi connectivity index (χ1v) is 11.5. The van der Waals surface area contributed by atoms with Gasteiger partial charge in [-0.05, 0) is 29.9 Å². The van der Waals surface area contributed by atoms with E-state index in [0.717, 1.165) is 31.8 Å². The molecule has 0 bridgehead atoms. The lowest BCUT2D eigenvalue weighted by Crippen LogP contribution is -2.30. The summed E-state index contributed by atoms with van der Waals surface area (Å²) >= 11 is 1.51. The molecule has 4 aromatic rings. The molecule has 2 aromatic heterocycles. The van der Waals surface area contributed by atoms with Crippen LogP contribution in [0, 0.1) is 6.92 Å². The minimum Gasteiger partial charge on any atom is -0.423 e. The van der Waals surface area contributed by atoms with E-state index in [-0.39, 0.29) is 5.92 Å². The van der Waals surface area contributed by atoms with E-state index in [4.69, 9.17) is 15.7 Å². The van der Waals surface area contributed by atoms with Crippen LogP contribution in [0.4, 0.5) is 5.82 Å². The highest BCUT2D eigenvalue weighted by atomic mass is 32.1. The molecule has 0 aliphatic rings. The second-order valence-electron chi connectivity index (χ2n) is 8.21. The van der Waals surface area contributed by atoms with Gasteiger partial charge in [0.25, 0.3) is 0 Å². The Balaban J connectivity index is 1.75. The fourth-order valence-corrected chi connectivity index (χ4v) is 4.90. The Hall–Kier alpha value is -3.27. The molecule has 0 atom stereocenters. The maximum atomic E-state index is 11.9. The standard InChI is InChI=1S/C24H25BN4O3S/c1-13(2)19-11-20(27-12-15-6-4-7-16(10-15)25(31)32)29-24(28-19)21-14(3)33-22-17(21)8-5-9-18(22)23(26)30/h4-11,13,31-32H,12H2,1-3H3,(H2,26,30)(H,27,28,29). The number of rotatable bonds is 7. The minimum atomic E-state index is -1.51. The summed E-state index contributed by atoms with van der Waals surface area (Å²) in [6, 6.07) is 14.6. The van der Waals surface area contributed by atoms with Gasteiger partial charge in [0.2, 0.25) is 5.91 Å². The first-order valence-electron chi connectivity index (χ1n) is 10.6. The molecule has 0 fully saturated rings. The molecule has 2 heterocycles. The Morgan fingerprint density at radius 1 is 1.15 bits per heavy atom.